The fraction of sp³-hybridized carbons (Fsp3) is 0.526. The van der Waals surface area contributed by atoms with Crippen molar-refractivity contribution >= 4 is 38.4 Å². The van der Waals surface area contributed by atoms with Gasteiger partial charge in [-0.05, 0) is 6.07 Å². The minimum Gasteiger partial charge on any atom is -0.394 e. The summed E-state index contributed by atoms with van der Waals surface area (Å²) >= 11 is 0. The summed E-state index contributed by atoms with van der Waals surface area (Å²) < 4.78 is 53.2. The van der Waals surface area contributed by atoms with Gasteiger partial charge in [0.2, 0.25) is 0 Å². The van der Waals surface area contributed by atoms with E-state index in [4.69, 9.17) is 30.0 Å². The molecule has 2 aliphatic heterocycles. The first-order valence-electron chi connectivity index (χ1n) is 12.1. The number of phosphoric ester groups is 1. The van der Waals surface area contributed by atoms with Crippen molar-refractivity contribution < 1.29 is 62.2 Å². The van der Waals surface area contributed by atoms with Crippen molar-refractivity contribution in [2.24, 2.45) is 0 Å². The summed E-state index contributed by atoms with van der Waals surface area (Å²) in [7, 11) is -11.1. The Hall–Kier alpha value is -2.95. The first-order valence-corrected chi connectivity index (χ1v) is 15.1. The monoisotopic (exact) mass is 652 g/mol. The summed E-state index contributed by atoms with van der Waals surface area (Å²) in [5.41, 5.74) is 10.5. The zero-order chi connectivity index (χ0) is 31.3. The third-order valence-electron chi connectivity index (χ3n) is 6.47. The molecule has 9 atom stereocenters. The zero-order valence-corrected chi connectivity index (χ0v) is 23.3. The molecule has 24 heteroatoms. The highest BCUT2D eigenvalue weighted by atomic mass is 31.3. The quantitative estimate of drug-likeness (QED) is 0.0996. The van der Waals surface area contributed by atoms with Gasteiger partial charge in [0.1, 0.15) is 54.3 Å². The maximum atomic E-state index is 13.6. The van der Waals surface area contributed by atoms with E-state index in [0.717, 1.165) is 23.4 Å². The van der Waals surface area contributed by atoms with Gasteiger partial charge < -0.3 is 51.2 Å². The number of phosphoric acid groups is 2. The van der Waals surface area contributed by atoms with E-state index in [9.17, 15) is 44.1 Å². The molecule has 0 spiro atoms. The van der Waals surface area contributed by atoms with Crippen molar-refractivity contribution in [3.8, 4) is 0 Å². The molecule has 10 N–H and O–H groups in total. The highest BCUT2D eigenvalue weighted by molar-refractivity contribution is 7.61. The summed E-state index contributed by atoms with van der Waals surface area (Å²) in [6, 6.07) is 1.22. The lowest BCUT2D eigenvalue weighted by atomic mass is 10.1. The van der Waals surface area contributed by atoms with Gasteiger partial charge in [-0.1, -0.05) is 0 Å². The van der Waals surface area contributed by atoms with Crippen molar-refractivity contribution in [3.63, 3.8) is 0 Å². The third kappa shape index (κ3) is 6.33. The molecule has 2 fully saturated rings. The number of fused-ring (bicyclic) bond motifs is 1. The molecule has 1 unspecified atom stereocenters. The fourth-order valence-electron chi connectivity index (χ4n) is 4.50. The number of hydrogen-bond acceptors (Lipinski definition) is 18. The number of aliphatic hydroxyl groups excluding tert-OH is 4. The Morgan fingerprint density at radius 1 is 0.977 bits per heavy atom. The van der Waals surface area contributed by atoms with Crippen LogP contribution in [0.25, 0.3) is 11.2 Å². The summed E-state index contributed by atoms with van der Waals surface area (Å²) in [6.07, 6.45) is -9.69. The second kappa shape index (κ2) is 11.9. The van der Waals surface area contributed by atoms with Gasteiger partial charge in [0.25, 0.3) is 0 Å². The van der Waals surface area contributed by atoms with E-state index in [-0.39, 0.29) is 22.8 Å². The van der Waals surface area contributed by atoms with Crippen LogP contribution in [0.5, 0.6) is 0 Å². The van der Waals surface area contributed by atoms with Gasteiger partial charge in [-0.25, -0.2) is 28.9 Å². The maximum Gasteiger partial charge on any atom is 0.484 e. The number of aromatic nitrogens is 6. The van der Waals surface area contributed by atoms with Gasteiger partial charge in [-0.3, -0.25) is 18.2 Å². The second-order valence-corrected chi connectivity index (χ2v) is 12.3. The smallest absolute Gasteiger partial charge is 0.394 e. The Morgan fingerprint density at radius 3 is 2.37 bits per heavy atom. The van der Waals surface area contributed by atoms with Crippen LogP contribution in [-0.4, -0.2) is 109 Å². The summed E-state index contributed by atoms with van der Waals surface area (Å²) in [6.45, 7) is -1.76. The number of hydrogen-bond donors (Lipinski definition) is 8. The van der Waals surface area contributed by atoms with Gasteiger partial charge in [-0.2, -0.15) is 9.29 Å². The summed E-state index contributed by atoms with van der Waals surface area (Å²) in [5, 5.41) is 41.4. The van der Waals surface area contributed by atoms with Gasteiger partial charge in [0.15, 0.2) is 23.9 Å². The Labute approximate surface area is 239 Å². The number of aliphatic hydroxyl groups is 4. The molecule has 3 aromatic rings. The van der Waals surface area contributed by atoms with E-state index in [0.29, 0.717) is 0 Å². The van der Waals surface area contributed by atoms with Gasteiger partial charge in [0, 0.05) is 6.20 Å². The predicted octanol–water partition coefficient (Wildman–Crippen LogP) is -3.26. The highest BCUT2D eigenvalue weighted by Crippen LogP contribution is 2.63. The van der Waals surface area contributed by atoms with Crippen molar-refractivity contribution in [3.05, 3.63) is 35.4 Å². The Bertz CT molecular complexity index is 1630. The minimum absolute atomic E-state index is 0.0232. The maximum absolute atomic E-state index is 13.6. The van der Waals surface area contributed by atoms with Crippen LogP contribution in [0.2, 0.25) is 0 Å². The number of nitrogens with zero attached hydrogens (tertiary/aromatic N) is 6. The van der Waals surface area contributed by atoms with E-state index in [1.807, 2.05) is 0 Å². The van der Waals surface area contributed by atoms with Crippen molar-refractivity contribution in [2.45, 2.75) is 49.1 Å². The van der Waals surface area contributed by atoms with E-state index in [1.54, 1.807) is 0 Å². The third-order valence-corrected chi connectivity index (χ3v) is 9.09. The lowest BCUT2D eigenvalue weighted by Crippen LogP contribution is -2.36. The van der Waals surface area contributed by atoms with Crippen LogP contribution in [0.3, 0.4) is 0 Å². The van der Waals surface area contributed by atoms with Crippen LogP contribution >= 0.6 is 15.6 Å². The molecular formula is C19H26N8O14P2. The van der Waals surface area contributed by atoms with Crippen molar-refractivity contribution in [1.82, 2.24) is 29.1 Å². The number of imidazole rings is 1. The number of rotatable bonds is 10. The fourth-order valence-corrected chi connectivity index (χ4v) is 6.80. The van der Waals surface area contributed by atoms with Gasteiger partial charge in [0.05, 0.1) is 19.5 Å². The van der Waals surface area contributed by atoms with Gasteiger partial charge >= 0.3 is 21.3 Å². The molecule has 2 saturated heterocycles. The Morgan fingerprint density at radius 2 is 1.70 bits per heavy atom. The molecule has 0 saturated carbocycles. The standard InChI is InChI=1S/C19H26N8O14P2/c20-9-1-2-26(19(32)25-9)17-13(31)11(29)8(39-17)4-37-43(36,41-42(33,34)35)40-14-12(30)7(3-28)38-18(14)27-6-24-10-15(21)22-5-23-16(10)27/h1-2,5-8,11-14,17-18,28-31H,3-4H2,(H2,20,25,32)(H2,21,22,23)(H2,33,34,35)/t7-,8-,11-,12-,13-,14-,17-,18-,43?/m1/s1. The lowest BCUT2D eigenvalue weighted by molar-refractivity contribution is -0.0633. The van der Waals surface area contributed by atoms with Crippen LogP contribution in [0.1, 0.15) is 12.5 Å². The largest absolute Gasteiger partial charge is 0.484 e. The molecule has 0 radical (unpaired) electrons. The molecule has 22 nitrogen and oxygen atoms in total. The molecule has 0 bridgehead atoms. The average Bonchev–Trinajstić information content (AvgIpc) is 3.57. The lowest BCUT2D eigenvalue weighted by Gasteiger charge is -2.27. The van der Waals surface area contributed by atoms with E-state index < -0.39 is 83.6 Å². The number of ether oxygens (including phenoxy) is 2. The first-order chi connectivity index (χ1) is 20.2. The molecule has 0 aromatic carbocycles. The zero-order valence-electron chi connectivity index (χ0n) is 21.5. The predicted molar refractivity (Wildman–Crippen MR) is 137 cm³/mol. The molecule has 0 amide bonds. The molecule has 2 aliphatic rings. The number of nitrogen functional groups attached to an aromatic ring is 2. The molecule has 5 heterocycles. The molecule has 0 aliphatic carbocycles. The van der Waals surface area contributed by atoms with Crippen LogP contribution in [0.4, 0.5) is 11.6 Å². The van der Waals surface area contributed by atoms with E-state index in [1.165, 1.54) is 10.6 Å². The molecule has 3 aromatic heterocycles. The summed E-state index contributed by atoms with van der Waals surface area (Å²) in [4.78, 5) is 46.4. The summed E-state index contributed by atoms with van der Waals surface area (Å²) in [5.74, 6) is -0.147. The minimum atomic E-state index is -5.63. The normalized spacial score (nSPS) is 31.0. The second-order valence-electron chi connectivity index (χ2n) is 9.29. The molecule has 236 valence electrons. The molecular weight excluding hydrogens is 626 g/mol. The molecule has 5 rings (SSSR count). The molecule has 43 heavy (non-hydrogen) atoms. The van der Waals surface area contributed by atoms with Crippen molar-refractivity contribution in [2.75, 3.05) is 24.7 Å². The van der Waals surface area contributed by atoms with Crippen LogP contribution in [0, 0.1) is 0 Å². The SMILES string of the molecule is Nc1ccn([C@@H]2O[C@H](COP(=O)(O[C@@H]3[C@H](O)[C@@H](CO)O[C@H]3n3cnc4c(N)ncnc43)OP(=O)(O)O)[C@@H](O)[C@H]2O)c(=O)n1. The average molecular weight is 652 g/mol. The van der Waals surface area contributed by atoms with Gasteiger partial charge in [-0.15, -0.1) is 0 Å². The number of anilines is 2. The van der Waals surface area contributed by atoms with Crippen molar-refractivity contribution in [1.29, 1.82) is 0 Å². The topological polar surface area (TPSA) is 332 Å². The van der Waals surface area contributed by atoms with E-state index >= 15 is 0 Å². The first kappa shape index (κ1) is 31.5. The Balaban J connectivity index is 1.40. The Kier molecular flexibility index (Phi) is 8.68. The number of nitrogens with two attached hydrogens (primary N) is 2. The van der Waals surface area contributed by atoms with Crippen LogP contribution < -0.4 is 17.2 Å². The highest BCUT2D eigenvalue weighted by Gasteiger charge is 2.52. The van der Waals surface area contributed by atoms with E-state index in [2.05, 4.69) is 24.2 Å². The van der Waals surface area contributed by atoms with Crippen LogP contribution in [0.15, 0.2) is 29.7 Å². The van der Waals surface area contributed by atoms with Crippen LogP contribution in [-0.2, 0) is 32.0 Å².